The Balaban J connectivity index is 3.62. The molecule has 15 heavy (non-hydrogen) atoms. The van der Waals surface area contributed by atoms with Crippen LogP contribution in [-0.2, 0) is 9.53 Å². The van der Waals surface area contributed by atoms with Gasteiger partial charge in [-0.3, -0.25) is 4.79 Å². The number of alkyl carbamates (subject to hydrolysis) is 1. The van der Waals surface area contributed by atoms with Gasteiger partial charge in [-0.25, -0.2) is 4.79 Å². The number of hydrogen-bond donors (Lipinski definition) is 3. The first-order valence-electron chi connectivity index (χ1n) is 4.76. The molecule has 0 unspecified atom stereocenters. The number of amides is 1. The lowest BCUT2D eigenvalue weighted by Gasteiger charge is -2.22. The number of rotatable bonds is 6. The quantitative estimate of drug-likeness (QED) is 0.557. The summed E-state index contributed by atoms with van der Waals surface area (Å²) in [6.07, 6.45) is -0.163. The Morgan fingerprint density at radius 2 is 2.07 bits per heavy atom. The van der Waals surface area contributed by atoms with E-state index >= 15 is 0 Å². The maximum atomic E-state index is 11.1. The minimum atomic E-state index is -0.882. The highest BCUT2D eigenvalue weighted by Gasteiger charge is 2.20. The van der Waals surface area contributed by atoms with Crippen molar-refractivity contribution < 1.29 is 19.4 Å². The fourth-order valence-corrected chi connectivity index (χ4v) is 0.759. The highest BCUT2D eigenvalue weighted by Crippen LogP contribution is 2.06. The van der Waals surface area contributed by atoms with Gasteiger partial charge in [-0.15, -0.1) is 0 Å². The van der Waals surface area contributed by atoms with Gasteiger partial charge >= 0.3 is 12.1 Å². The number of carbonyl (C=O) groups excluding carboxylic acids is 1. The molecule has 0 aliphatic rings. The van der Waals surface area contributed by atoms with E-state index in [0.29, 0.717) is 6.42 Å². The third kappa shape index (κ3) is 7.75. The Kier molecular flexibility index (Phi) is 5.69. The summed E-state index contributed by atoms with van der Waals surface area (Å²) in [7, 11) is 0. The average molecular weight is 218 g/mol. The van der Waals surface area contributed by atoms with Crippen LogP contribution in [0, 0.1) is 0 Å². The van der Waals surface area contributed by atoms with Crippen molar-refractivity contribution in [3.05, 3.63) is 0 Å². The van der Waals surface area contributed by atoms with Crippen molar-refractivity contribution in [2.45, 2.75) is 32.3 Å². The van der Waals surface area contributed by atoms with Crippen molar-refractivity contribution in [1.29, 1.82) is 0 Å². The minimum Gasteiger partial charge on any atom is -0.481 e. The summed E-state index contributed by atoms with van der Waals surface area (Å²) in [5, 5.41) is 10.8. The van der Waals surface area contributed by atoms with Gasteiger partial charge in [0.05, 0.1) is 0 Å². The fourth-order valence-electron chi connectivity index (χ4n) is 0.759. The predicted molar refractivity (Wildman–Crippen MR) is 54.5 cm³/mol. The summed E-state index contributed by atoms with van der Waals surface area (Å²) in [6, 6.07) is 0. The summed E-state index contributed by atoms with van der Waals surface area (Å²) in [5.41, 5.74) is 4.67. The number of hydrogen-bond acceptors (Lipinski definition) is 4. The molecule has 0 rings (SSSR count). The van der Waals surface area contributed by atoms with Gasteiger partial charge in [0.25, 0.3) is 0 Å². The Hall–Kier alpha value is -1.30. The van der Waals surface area contributed by atoms with Crippen LogP contribution in [0.3, 0.4) is 0 Å². The molecular formula is C9H18N2O4. The van der Waals surface area contributed by atoms with E-state index in [9.17, 15) is 9.59 Å². The van der Waals surface area contributed by atoms with E-state index in [-0.39, 0.29) is 19.5 Å². The summed E-state index contributed by atoms with van der Waals surface area (Å²) in [6.45, 7) is 3.91. The second kappa shape index (κ2) is 6.23. The summed E-state index contributed by atoms with van der Waals surface area (Å²) >= 11 is 0. The first-order valence-corrected chi connectivity index (χ1v) is 4.76. The highest BCUT2D eigenvalue weighted by molar-refractivity contribution is 5.68. The van der Waals surface area contributed by atoms with Crippen molar-refractivity contribution >= 4 is 12.1 Å². The van der Waals surface area contributed by atoms with Gasteiger partial charge in [-0.2, -0.15) is 0 Å². The number of carboxylic acid groups (broad SMARTS) is 1. The summed E-state index contributed by atoms with van der Waals surface area (Å²) in [5.74, 6) is -0.882. The Morgan fingerprint density at radius 1 is 1.47 bits per heavy atom. The maximum absolute atomic E-state index is 11.1. The lowest BCUT2D eigenvalue weighted by molar-refractivity contribution is -0.137. The van der Waals surface area contributed by atoms with Crippen molar-refractivity contribution in [2.24, 2.45) is 5.73 Å². The van der Waals surface area contributed by atoms with Crippen molar-refractivity contribution in [3.8, 4) is 0 Å². The number of ether oxygens (including phenoxy) is 1. The van der Waals surface area contributed by atoms with Crippen LogP contribution in [0.2, 0.25) is 0 Å². The Morgan fingerprint density at radius 3 is 2.53 bits per heavy atom. The van der Waals surface area contributed by atoms with Gasteiger partial charge in [0.2, 0.25) is 0 Å². The van der Waals surface area contributed by atoms with E-state index < -0.39 is 17.7 Å². The van der Waals surface area contributed by atoms with Crippen LogP contribution >= 0.6 is 0 Å². The van der Waals surface area contributed by atoms with Crippen molar-refractivity contribution in [1.82, 2.24) is 5.32 Å². The summed E-state index contributed by atoms with van der Waals surface area (Å²) < 4.78 is 4.97. The van der Waals surface area contributed by atoms with Gasteiger partial charge in [-0.1, -0.05) is 0 Å². The third-order valence-corrected chi connectivity index (χ3v) is 1.70. The number of nitrogens with one attached hydrogen (secondary N) is 1. The molecule has 0 aliphatic heterocycles. The molecule has 6 nitrogen and oxygen atoms in total. The molecule has 6 heteroatoms. The SMILES string of the molecule is CC(C)(CN)OC(=O)NCCCC(=O)O. The molecule has 0 heterocycles. The van der Waals surface area contributed by atoms with E-state index in [1.807, 2.05) is 0 Å². The minimum absolute atomic E-state index is 0.0283. The normalized spacial score (nSPS) is 10.9. The maximum Gasteiger partial charge on any atom is 0.407 e. The zero-order valence-corrected chi connectivity index (χ0v) is 9.08. The van der Waals surface area contributed by atoms with Crippen molar-refractivity contribution in [3.63, 3.8) is 0 Å². The number of aliphatic carboxylic acids is 1. The first-order chi connectivity index (χ1) is 6.87. The zero-order chi connectivity index (χ0) is 11.9. The highest BCUT2D eigenvalue weighted by atomic mass is 16.6. The molecule has 0 aromatic heterocycles. The number of carboxylic acids is 1. The van der Waals surface area contributed by atoms with Crippen molar-refractivity contribution in [2.75, 3.05) is 13.1 Å². The van der Waals surface area contributed by atoms with Crippen LogP contribution in [0.5, 0.6) is 0 Å². The van der Waals surface area contributed by atoms with Gasteiger partial charge < -0.3 is 20.9 Å². The monoisotopic (exact) mass is 218 g/mol. The predicted octanol–water partition coefficient (Wildman–Crippen LogP) is 0.315. The molecule has 0 saturated heterocycles. The molecule has 0 spiro atoms. The Labute approximate surface area is 88.8 Å². The number of carbonyl (C=O) groups is 2. The molecule has 88 valence electrons. The van der Waals surface area contributed by atoms with Gasteiger partial charge in [0.15, 0.2) is 0 Å². The standard InChI is InChI=1S/C9H18N2O4/c1-9(2,6-10)15-8(14)11-5-3-4-7(12)13/h3-6,10H2,1-2H3,(H,11,14)(H,12,13). The zero-order valence-electron chi connectivity index (χ0n) is 9.08. The van der Waals surface area contributed by atoms with E-state index in [1.54, 1.807) is 13.8 Å². The van der Waals surface area contributed by atoms with Crippen LogP contribution in [0.15, 0.2) is 0 Å². The van der Waals surface area contributed by atoms with E-state index in [1.165, 1.54) is 0 Å². The molecule has 0 aromatic carbocycles. The molecule has 0 aromatic rings. The Bertz CT molecular complexity index is 228. The summed E-state index contributed by atoms with van der Waals surface area (Å²) in [4.78, 5) is 21.3. The lowest BCUT2D eigenvalue weighted by Crippen LogP contribution is -2.40. The molecule has 1 amide bonds. The molecule has 0 radical (unpaired) electrons. The fraction of sp³-hybridized carbons (Fsp3) is 0.778. The third-order valence-electron chi connectivity index (χ3n) is 1.70. The van der Waals surface area contributed by atoms with E-state index in [2.05, 4.69) is 5.32 Å². The van der Waals surface area contributed by atoms with Crippen LogP contribution in [0.25, 0.3) is 0 Å². The molecule has 0 fully saturated rings. The topological polar surface area (TPSA) is 102 Å². The van der Waals surface area contributed by atoms with Crippen LogP contribution in [0.4, 0.5) is 4.79 Å². The second-order valence-corrected chi connectivity index (χ2v) is 3.78. The van der Waals surface area contributed by atoms with Gasteiger partial charge in [0, 0.05) is 19.5 Å². The average Bonchev–Trinajstić information content (AvgIpc) is 2.11. The molecule has 4 N–H and O–H groups in total. The first kappa shape index (κ1) is 13.7. The van der Waals surface area contributed by atoms with E-state index in [4.69, 9.17) is 15.6 Å². The molecular weight excluding hydrogens is 200 g/mol. The van der Waals surface area contributed by atoms with Crippen LogP contribution in [-0.4, -0.2) is 35.9 Å². The molecule has 0 atom stereocenters. The second-order valence-electron chi connectivity index (χ2n) is 3.78. The molecule has 0 aliphatic carbocycles. The number of nitrogens with two attached hydrogens (primary N) is 1. The molecule has 0 bridgehead atoms. The van der Waals surface area contributed by atoms with Crippen LogP contribution in [0.1, 0.15) is 26.7 Å². The smallest absolute Gasteiger partial charge is 0.407 e. The van der Waals surface area contributed by atoms with Crippen LogP contribution < -0.4 is 11.1 Å². The lowest BCUT2D eigenvalue weighted by atomic mass is 10.1. The van der Waals surface area contributed by atoms with E-state index in [0.717, 1.165) is 0 Å². The largest absolute Gasteiger partial charge is 0.481 e. The van der Waals surface area contributed by atoms with Gasteiger partial charge in [0.1, 0.15) is 5.60 Å². The van der Waals surface area contributed by atoms with Gasteiger partial charge in [-0.05, 0) is 20.3 Å². The molecule has 0 saturated carbocycles.